The van der Waals surface area contributed by atoms with Gasteiger partial charge in [0.25, 0.3) is 0 Å². The summed E-state index contributed by atoms with van der Waals surface area (Å²) in [5, 5.41) is 9.12. The van der Waals surface area contributed by atoms with Gasteiger partial charge in [0.15, 0.2) is 0 Å². The van der Waals surface area contributed by atoms with Gasteiger partial charge < -0.3 is 15.5 Å². The molecule has 0 unspecified atom stereocenters. The molecule has 1 saturated heterocycles. The molecule has 6 nitrogen and oxygen atoms in total. The lowest BCUT2D eigenvalue weighted by Crippen LogP contribution is -2.52. The largest absolute Gasteiger partial charge is 0.366 e. The van der Waals surface area contributed by atoms with E-state index in [2.05, 4.69) is 52.0 Å². The first kappa shape index (κ1) is 20.4. The van der Waals surface area contributed by atoms with E-state index in [0.717, 1.165) is 42.1 Å². The van der Waals surface area contributed by atoms with Crippen LogP contribution in [0.3, 0.4) is 0 Å². The van der Waals surface area contributed by atoms with Crippen molar-refractivity contribution in [2.75, 3.05) is 29.4 Å². The SMILES string of the molecule is Cc1cc(C#N)ccc1-c1cccc(N2CCN(c3ccc(C(N)=O)cn3)C[C@H]2C)c1. The third-order valence-electron chi connectivity index (χ3n) is 5.83. The molecule has 1 amide bonds. The van der Waals surface area contributed by atoms with E-state index in [-0.39, 0.29) is 0 Å². The lowest BCUT2D eigenvalue weighted by molar-refractivity contribution is 0.1000. The van der Waals surface area contributed by atoms with E-state index in [1.807, 2.05) is 31.2 Å². The Hall–Kier alpha value is -3.85. The highest BCUT2D eigenvalue weighted by Gasteiger charge is 2.25. The fourth-order valence-electron chi connectivity index (χ4n) is 4.18. The van der Waals surface area contributed by atoms with E-state index >= 15 is 0 Å². The van der Waals surface area contributed by atoms with E-state index in [1.54, 1.807) is 6.07 Å². The number of nitrogens with two attached hydrogens (primary N) is 1. The van der Waals surface area contributed by atoms with Crippen molar-refractivity contribution in [1.82, 2.24) is 4.98 Å². The molecule has 1 aromatic heterocycles. The second-order valence-corrected chi connectivity index (χ2v) is 7.95. The number of anilines is 2. The molecule has 1 aliphatic heterocycles. The normalized spacial score (nSPS) is 16.1. The van der Waals surface area contributed by atoms with Gasteiger partial charge in [0, 0.05) is 37.6 Å². The molecule has 2 N–H and O–H groups in total. The average Bonchev–Trinajstić information content (AvgIpc) is 2.79. The molecule has 0 aliphatic carbocycles. The molecule has 0 bridgehead atoms. The summed E-state index contributed by atoms with van der Waals surface area (Å²) in [6, 6.07) is 20.5. The van der Waals surface area contributed by atoms with Gasteiger partial charge >= 0.3 is 0 Å². The van der Waals surface area contributed by atoms with Crippen LogP contribution in [0.25, 0.3) is 11.1 Å². The highest BCUT2D eigenvalue weighted by Crippen LogP contribution is 2.30. The molecule has 0 spiro atoms. The topological polar surface area (TPSA) is 86.3 Å². The van der Waals surface area contributed by atoms with Gasteiger partial charge in [0.2, 0.25) is 5.91 Å². The van der Waals surface area contributed by atoms with Crippen molar-refractivity contribution in [2.24, 2.45) is 5.73 Å². The number of rotatable bonds is 4. The van der Waals surface area contributed by atoms with E-state index in [9.17, 15) is 4.79 Å². The maximum atomic E-state index is 11.3. The lowest BCUT2D eigenvalue weighted by atomic mass is 9.98. The van der Waals surface area contributed by atoms with Gasteiger partial charge in [0.1, 0.15) is 5.82 Å². The molecule has 1 fully saturated rings. The van der Waals surface area contributed by atoms with Gasteiger partial charge in [-0.2, -0.15) is 5.26 Å². The number of carbonyl (C=O) groups is 1. The molecule has 31 heavy (non-hydrogen) atoms. The van der Waals surface area contributed by atoms with Crippen molar-refractivity contribution >= 4 is 17.4 Å². The minimum atomic E-state index is -0.463. The summed E-state index contributed by atoms with van der Waals surface area (Å²) in [6.07, 6.45) is 1.54. The third kappa shape index (κ3) is 4.22. The van der Waals surface area contributed by atoms with Gasteiger partial charge in [-0.3, -0.25) is 4.79 Å². The monoisotopic (exact) mass is 411 g/mol. The van der Waals surface area contributed by atoms with Crippen LogP contribution in [0.2, 0.25) is 0 Å². The Bertz CT molecular complexity index is 1150. The number of aryl methyl sites for hydroxylation is 1. The van der Waals surface area contributed by atoms with Crippen molar-refractivity contribution in [3.05, 3.63) is 77.5 Å². The molecule has 1 atom stereocenters. The number of amides is 1. The molecule has 4 rings (SSSR count). The molecule has 2 heterocycles. The van der Waals surface area contributed by atoms with Crippen LogP contribution in [0.5, 0.6) is 0 Å². The van der Waals surface area contributed by atoms with Gasteiger partial charge in [-0.25, -0.2) is 4.98 Å². The van der Waals surface area contributed by atoms with Gasteiger partial charge in [0.05, 0.1) is 17.2 Å². The molecular weight excluding hydrogens is 386 g/mol. The predicted octanol–water partition coefficient (Wildman–Crippen LogP) is 3.74. The zero-order valence-corrected chi connectivity index (χ0v) is 17.7. The first-order valence-corrected chi connectivity index (χ1v) is 10.3. The fourth-order valence-corrected chi connectivity index (χ4v) is 4.18. The zero-order valence-electron chi connectivity index (χ0n) is 17.7. The van der Waals surface area contributed by atoms with Crippen LogP contribution in [0.1, 0.15) is 28.4 Å². The summed E-state index contributed by atoms with van der Waals surface area (Å²) < 4.78 is 0. The average molecular weight is 412 g/mol. The summed E-state index contributed by atoms with van der Waals surface area (Å²) in [5.41, 5.74) is 11.0. The van der Waals surface area contributed by atoms with Crippen LogP contribution in [-0.2, 0) is 0 Å². The van der Waals surface area contributed by atoms with Crippen LogP contribution in [0.4, 0.5) is 11.5 Å². The Morgan fingerprint density at radius 3 is 2.65 bits per heavy atom. The number of hydrogen-bond acceptors (Lipinski definition) is 5. The number of primary amides is 1. The van der Waals surface area contributed by atoms with Crippen LogP contribution >= 0.6 is 0 Å². The van der Waals surface area contributed by atoms with Crippen molar-refractivity contribution < 1.29 is 4.79 Å². The molecule has 2 aromatic carbocycles. The minimum absolute atomic E-state index is 0.295. The van der Waals surface area contributed by atoms with Crippen molar-refractivity contribution in [3.63, 3.8) is 0 Å². The summed E-state index contributed by atoms with van der Waals surface area (Å²) in [7, 11) is 0. The first-order valence-electron chi connectivity index (χ1n) is 10.3. The predicted molar refractivity (Wildman–Crippen MR) is 123 cm³/mol. The Labute approximate surface area is 182 Å². The van der Waals surface area contributed by atoms with Crippen LogP contribution in [0, 0.1) is 18.3 Å². The van der Waals surface area contributed by atoms with Crippen LogP contribution in [-0.4, -0.2) is 36.6 Å². The van der Waals surface area contributed by atoms with Gasteiger partial charge in [-0.1, -0.05) is 18.2 Å². The number of pyridine rings is 1. The molecule has 156 valence electrons. The summed E-state index contributed by atoms with van der Waals surface area (Å²) in [5.74, 6) is 0.396. The Morgan fingerprint density at radius 1 is 1.16 bits per heavy atom. The number of piperazine rings is 1. The maximum Gasteiger partial charge on any atom is 0.250 e. The smallest absolute Gasteiger partial charge is 0.250 e. The fraction of sp³-hybridized carbons (Fsp3) is 0.240. The Morgan fingerprint density at radius 2 is 2.00 bits per heavy atom. The Kier molecular flexibility index (Phi) is 5.59. The van der Waals surface area contributed by atoms with E-state index in [0.29, 0.717) is 17.2 Å². The lowest BCUT2D eigenvalue weighted by Gasteiger charge is -2.42. The third-order valence-corrected chi connectivity index (χ3v) is 5.83. The number of nitrogens with zero attached hydrogens (tertiary/aromatic N) is 4. The number of nitriles is 1. The number of benzene rings is 2. The molecule has 1 aliphatic rings. The van der Waals surface area contributed by atoms with E-state index in [1.165, 1.54) is 11.9 Å². The van der Waals surface area contributed by atoms with Gasteiger partial charge in [-0.15, -0.1) is 0 Å². The molecule has 0 radical (unpaired) electrons. The van der Waals surface area contributed by atoms with Crippen molar-refractivity contribution in [3.8, 4) is 17.2 Å². The second-order valence-electron chi connectivity index (χ2n) is 7.95. The number of hydrogen-bond donors (Lipinski definition) is 1. The van der Waals surface area contributed by atoms with Crippen LogP contribution < -0.4 is 15.5 Å². The maximum absolute atomic E-state index is 11.3. The minimum Gasteiger partial charge on any atom is -0.366 e. The van der Waals surface area contributed by atoms with Crippen LogP contribution in [0.15, 0.2) is 60.8 Å². The molecular formula is C25H25N5O. The highest BCUT2D eigenvalue weighted by atomic mass is 16.1. The zero-order chi connectivity index (χ0) is 22.0. The Balaban J connectivity index is 1.52. The first-order chi connectivity index (χ1) is 15.0. The molecule has 6 heteroatoms. The quantitative estimate of drug-likeness (QED) is 0.707. The summed E-state index contributed by atoms with van der Waals surface area (Å²) in [4.78, 5) is 20.3. The number of aromatic nitrogens is 1. The van der Waals surface area contributed by atoms with Gasteiger partial charge in [-0.05, 0) is 66.9 Å². The van der Waals surface area contributed by atoms with E-state index < -0.39 is 5.91 Å². The number of carbonyl (C=O) groups excluding carboxylic acids is 1. The van der Waals surface area contributed by atoms with Crippen molar-refractivity contribution in [1.29, 1.82) is 5.26 Å². The standard InChI is InChI=1S/C25H25N5O/c1-17-12-19(14-26)6-8-23(17)20-4-3-5-22(13-20)30-11-10-29(16-18(30)2)24-9-7-21(15-28-24)25(27)31/h3-9,12-13,15,18H,10-11,16H2,1-2H3,(H2,27,31)/t18-/m1/s1. The summed E-state index contributed by atoms with van der Waals surface area (Å²) >= 11 is 0. The molecule has 0 saturated carbocycles. The molecule has 3 aromatic rings. The summed E-state index contributed by atoms with van der Waals surface area (Å²) in [6.45, 7) is 6.80. The highest BCUT2D eigenvalue weighted by molar-refractivity contribution is 5.92. The second kappa shape index (κ2) is 8.49. The van der Waals surface area contributed by atoms with Crippen molar-refractivity contribution in [2.45, 2.75) is 19.9 Å². The van der Waals surface area contributed by atoms with E-state index in [4.69, 9.17) is 11.0 Å².